The monoisotopic (exact) mass is 575 g/mol. The lowest BCUT2D eigenvalue weighted by Gasteiger charge is -2.22. The maximum Gasteiger partial charge on any atom is 0.301 e. The summed E-state index contributed by atoms with van der Waals surface area (Å²) >= 11 is 2.64. The second-order valence-electron chi connectivity index (χ2n) is 9.07. The van der Waals surface area contributed by atoms with Crippen molar-refractivity contribution in [3.8, 4) is 5.75 Å². The molecule has 3 aromatic carbocycles. The van der Waals surface area contributed by atoms with E-state index < -0.39 is 23.5 Å². The van der Waals surface area contributed by atoms with Gasteiger partial charge in [0.1, 0.15) is 17.3 Å². The van der Waals surface area contributed by atoms with Crippen LogP contribution in [-0.4, -0.2) is 33.6 Å². The number of aromatic nitrogens is 2. The number of thioether (sulfide) groups is 1. The molecule has 1 amide bonds. The predicted molar refractivity (Wildman–Crippen MR) is 154 cm³/mol. The second-order valence-corrected chi connectivity index (χ2v) is 11.3. The van der Waals surface area contributed by atoms with E-state index >= 15 is 0 Å². The Balaban J connectivity index is 1.49. The molecule has 10 heteroatoms. The van der Waals surface area contributed by atoms with Gasteiger partial charge in [-0.2, -0.15) is 0 Å². The van der Waals surface area contributed by atoms with Crippen molar-refractivity contribution in [1.82, 2.24) is 10.2 Å². The molecule has 1 aromatic heterocycles. The van der Waals surface area contributed by atoms with Crippen molar-refractivity contribution in [2.24, 2.45) is 0 Å². The Morgan fingerprint density at radius 1 is 1.02 bits per heavy atom. The van der Waals surface area contributed by atoms with Gasteiger partial charge in [-0.3, -0.25) is 14.5 Å². The molecule has 1 aliphatic rings. The molecule has 1 aliphatic heterocycles. The normalized spacial score (nSPS) is 16.4. The maximum absolute atomic E-state index is 13.8. The summed E-state index contributed by atoms with van der Waals surface area (Å²) in [5.41, 5.74) is 1.81. The highest BCUT2D eigenvalue weighted by Crippen LogP contribution is 2.44. The van der Waals surface area contributed by atoms with Crippen LogP contribution in [-0.2, 0) is 15.3 Å². The second kappa shape index (κ2) is 12.4. The van der Waals surface area contributed by atoms with Gasteiger partial charge in [0.05, 0.1) is 18.2 Å². The number of rotatable bonds is 10. The van der Waals surface area contributed by atoms with Gasteiger partial charge >= 0.3 is 5.91 Å². The molecule has 1 unspecified atom stereocenters. The molecule has 1 saturated heterocycles. The average Bonchev–Trinajstić information content (AvgIpc) is 3.55. The van der Waals surface area contributed by atoms with E-state index in [0.29, 0.717) is 33.6 Å². The molecule has 7 nitrogen and oxygen atoms in total. The van der Waals surface area contributed by atoms with E-state index in [9.17, 15) is 19.1 Å². The largest absolute Gasteiger partial charge is 0.507 e. The number of carbonyl (C=O) groups is 2. The Morgan fingerprint density at radius 3 is 2.45 bits per heavy atom. The number of nitrogens with zero attached hydrogens (tertiary/aromatic N) is 3. The molecule has 1 fully saturated rings. The van der Waals surface area contributed by atoms with Gasteiger partial charge in [-0.1, -0.05) is 78.9 Å². The molecule has 204 valence electrons. The number of hydrogen-bond acceptors (Lipinski definition) is 8. The number of amides is 1. The fourth-order valence-corrected chi connectivity index (χ4v) is 6.09. The lowest BCUT2D eigenvalue weighted by Crippen LogP contribution is -2.29. The van der Waals surface area contributed by atoms with Gasteiger partial charge in [0.25, 0.3) is 5.78 Å². The van der Waals surface area contributed by atoms with Crippen LogP contribution >= 0.6 is 23.1 Å². The highest BCUT2D eigenvalue weighted by molar-refractivity contribution is 8.00. The van der Waals surface area contributed by atoms with Crippen LogP contribution in [0.3, 0.4) is 0 Å². The van der Waals surface area contributed by atoms with E-state index in [1.54, 1.807) is 24.3 Å². The Kier molecular flexibility index (Phi) is 8.57. The lowest BCUT2D eigenvalue weighted by molar-refractivity contribution is -0.132. The highest BCUT2D eigenvalue weighted by atomic mass is 32.2. The molecule has 0 bridgehead atoms. The van der Waals surface area contributed by atoms with Crippen molar-refractivity contribution >= 4 is 45.7 Å². The summed E-state index contributed by atoms with van der Waals surface area (Å²) in [5, 5.41) is 19.9. The maximum atomic E-state index is 13.8. The number of aliphatic hydroxyl groups excluding tert-OH is 1. The molecular formula is C30H26FN3O4S2. The summed E-state index contributed by atoms with van der Waals surface area (Å²) in [6, 6.07) is 21.0. The van der Waals surface area contributed by atoms with Crippen molar-refractivity contribution in [3.63, 3.8) is 0 Å². The molecule has 1 atom stereocenters. The van der Waals surface area contributed by atoms with E-state index in [1.807, 2.05) is 30.3 Å². The number of Topliss-reactive ketones (excluding diaryl/α,β-unsaturated/α-hetero) is 1. The molecule has 0 spiro atoms. The third kappa shape index (κ3) is 5.93. The topological polar surface area (TPSA) is 92.6 Å². The molecule has 4 aromatic rings. The number of carbonyl (C=O) groups excluding carboxylic acids is 2. The zero-order valence-corrected chi connectivity index (χ0v) is 23.3. The minimum absolute atomic E-state index is 0.107. The lowest BCUT2D eigenvalue weighted by atomic mass is 9.95. The molecule has 0 saturated carbocycles. The summed E-state index contributed by atoms with van der Waals surface area (Å²) in [4.78, 5) is 27.9. The number of ether oxygens (including phenoxy) is 1. The van der Waals surface area contributed by atoms with Crippen LogP contribution in [0.1, 0.15) is 42.5 Å². The highest BCUT2D eigenvalue weighted by Gasteiger charge is 2.48. The van der Waals surface area contributed by atoms with Crippen molar-refractivity contribution in [2.45, 2.75) is 35.9 Å². The van der Waals surface area contributed by atoms with Crippen LogP contribution in [0.15, 0.2) is 88.8 Å². The molecule has 0 radical (unpaired) electrons. The van der Waals surface area contributed by atoms with Crippen molar-refractivity contribution < 1.29 is 23.8 Å². The van der Waals surface area contributed by atoms with Crippen LogP contribution in [0.5, 0.6) is 5.75 Å². The zero-order valence-electron chi connectivity index (χ0n) is 21.6. The first-order valence-corrected chi connectivity index (χ1v) is 14.6. The smallest absolute Gasteiger partial charge is 0.301 e. The number of benzene rings is 3. The van der Waals surface area contributed by atoms with Crippen LogP contribution in [0.4, 0.5) is 9.52 Å². The number of ketones is 1. The number of aliphatic hydroxyl groups is 1. The predicted octanol–water partition coefficient (Wildman–Crippen LogP) is 6.77. The number of hydrogen-bond donors (Lipinski definition) is 1. The Morgan fingerprint density at radius 2 is 1.75 bits per heavy atom. The summed E-state index contributed by atoms with van der Waals surface area (Å²) in [7, 11) is 0. The standard InChI is InChI=1S/C30H26FN3O4S2/c1-2-3-17-38-23-15-11-21(12-16-23)26(35)24-25(20-9-13-22(31)14-10-20)34(28(37)27(24)36)29-32-33-30(40-29)39-18-19-7-5-4-6-8-19/h4-16,25,35H,2-3,17-18H2,1H3/b26-24+. The Hall–Kier alpha value is -4.02. The molecule has 40 heavy (non-hydrogen) atoms. The fraction of sp³-hybridized carbons (Fsp3) is 0.200. The van der Waals surface area contributed by atoms with Crippen LogP contribution in [0, 0.1) is 5.82 Å². The van der Waals surface area contributed by atoms with Gasteiger partial charge in [0.2, 0.25) is 5.13 Å². The van der Waals surface area contributed by atoms with Gasteiger partial charge in [-0.25, -0.2) is 4.39 Å². The van der Waals surface area contributed by atoms with Gasteiger partial charge in [0, 0.05) is 11.3 Å². The molecule has 2 heterocycles. The first kappa shape index (κ1) is 27.5. The molecule has 5 rings (SSSR count). The Labute approximate surface area is 239 Å². The summed E-state index contributed by atoms with van der Waals surface area (Å²) in [6.45, 7) is 2.65. The van der Waals surface area contributed by atoms with E-state index in [4.69, 9.17) is 4.74 Å². The van der Waals surface area contributed by atoms with Gasteiger partial charge in [0.15, 0.2) is 4.34 Å². The van der Waals surface area contributed by atoms with Gasteiger partial charge < -0.3 is 9.84 Å². The number of halogens is 1. The quantitative estimate of drug-likeness (QED) is 0.0557. The number of anilines is 1. The minimum atomic E-state index is -1.01. The SMILES string of the molecule is CCCCOc1ccc(/C(O)=C2\C(=O)C(=O)N(c3nnc(SCc4ccccc4)s3)C2c2ccc(F)cc2)cc1. The van der Waals surface area contributed by atoms with Gasteiger partial charge in [-0.15, -0.1) is 10.2 Å². The minimum Gasteiger partial charge on any atom is -0.507 e. The first-order valence-electron chi connectivity index (χ1n) is 12.8. The average molecular weight is 576 g/mol. The molecule has 0 aliphatic carbocycles. The first-order chi connectivity index (χ1) is 19.5. The Bertz CT molecular complexity index is 1520. The number of unbranched alkanes of at least 4 members (excludes halogenated alkanes) is 1. The molecular weight excluding hydrogens is 549 g/mol. The van der Waals surface area contributed by atoms with Crippen LogP contribution < -0.4 is 9.64 Å². The fourth-order valence-electron chi connectivity index (χ4n) is 4.27. The summed E-state index contributed by atoms with van der Waals surface area (Å²) in [6.07, 6.45) is 1.92. The third-order valence-corrected chi connectivity index (χ3v) is 8.46. The summed E-state index contributed by atoms with van der Waals surface area (Å²) < 4.78 is 20.1. The van der Waals surface area contributed by atoms with Crippen molar-refractivity contribution in [1.29, 1.82) is 0 Å². The van der Waals surface area contributed by atoms with Crippen LogP contribution in [0.2, 0.25) is 0 Å². The van der Waals surface area contributed by atoms with Crippen LogP contribution in [0.25, 0.3) is 5.76 Å². The summed E-state index contributed by atoms with van der Waals surface area (Å²) in [5.74, 6) is -1.20. The third-order valence-electron chi connectivity index (χ3n) is 6.33. The van der Waals surface area contributed by atoms with E-state index in [1.165, 1.54) is 52.3 Å². The van der Waals surface area contributed by atoms with Crippen molar-refractivity contribution in [2.75, 3.05) is 11.5 Å². The van der Waals surface area contributed by atoms with Gasteiger partial charge in [-0.05, 0) is 53.9 Å². The van der Waals surface area contributed by atoms with E-state index in [0.717, 1.165) is 18.4 Å². The van der Waals surface area contributed by atoms with E-state index in [2.05, 4.69) is 17.1 Å². The van der Waals surface area contributed by atoms with E-state index in [-0.39, 0.29) is 16.5 Å². The molecule has 1 N–H and O–H groups in total. The zero-order chi connectivity index (χ0) is 28.1. The van der Waals surface area contributed by atoms with Crippen molar-refractivity contribution in [3.05, 3.63) is 107 Å².